The molecular weight excluding hydrogens is 391 g/mol. The highest BCUT2D eigenvalue weighted by atomic mass is 35.5. The number of amides is 4. The monoisotopic (exact) mass is 407 g/mol. The molecule has 8 nitrogen and oxygen atoms in total. The van der Waals surface area contributed by atoms with Gasteiger partial charge in [-0.05, 0) is 6.07 Å². The van der Waals surface area contributed by atoms with E-state index in [1.54, 1.807) is 4.90 Å². The van der Waals surface area contributed by atoms with Gasteiger partial charge in [0.1, 0.15) is 37.4 Å². The van der Waals surface area contributed by atoms with Gasteiger partial charge >= 0.3 is 24.0 Å². The van der Waals surface area contributed by atoms with Crippen molar-refractivity contribution in [2.75, 3.05) is 44.8 Å². The number of halogens is 4. The molecule has 0 aliphatic carbocycles. The van der Waals surface area contributed by atoms with Crippen LogP contribution in [-0.4, -0.2) is 67.5 Å². The number of hydrogen-bond donors (Lipinski definition) is 1. The van der Waals surface area contributed by atoms with E-state index in [-0.39, 0.29) is 11.7 Å². The standard InChI is InChI=1S/C15H15ClF3N5O3/c1-21-12(25)13(26)24(14(21)27)8-22-2-4-23(5-3-22)11-10(16)6-9(7-20-11)15(17,18)19/h6-7H,2-5,8H2,1H3/p+2. The molecule has 2 aliphatic rings. The second-order valence-corrected chi connectivity index (χ2v) is 6.76. The zero-order valence-corrected chi connectivity index (χ0v) is 15.0. The summed E-state index contributed by atoms with van der Waals surface area (Å²) in [5, 5.41) is -0.0367. The average Bonchev–Trinajstić information content (AvgIpc) is 2.79. The van der Waals surface area contributed by atoms with E-state index in [9.17, 15) is 27.6 Å². The number of imide groups is 2. The maximum Gasteiger partial charge on any atom is 0.419 e. The SMILES string of the molecule is CN1C(=O)C(=O)N(C[NH+]2CCN(c3[nH+]cc(C(F)(F)F)cc3Cl)CC2)C1=O. The van der Waals surface area contributed by atoms with Crippen molar-refractivity contribution in [3.8, 4) is 0 Å². The van der Waals surface area contributed by atoms with Crippen molar-refractivity contribution in [3.05, 3.63) is 22.8 Å². The number of urea groups is 1. The van der Waals surface area contributed by atoms with Gasteiger partial charge in [0.25, 0.3) is 5.82 Å². The van der Waals surface area contributed by atoms with E-state index in [1.807, 2.05) is 0 Å². The fourth-order valence-corrected chi connectivity index (χ4v) is 3.34. The van der Waals surface area contributed by atoms with Gasteiger partial charge in [-0.15, -0.1) is 0 Å². The second kappa shape index (κ2) is 6.97. The van der Waals surface area contributed by atoms with Crippen molar-refractivity contribution in [1.82, 2.24) is 9.80 Å². The van der Waals surface area contributed by atoms with Gasteiger partial charge in [-0.1, -0.05) is 11.6 Å². The first-order chi connectivity index (χ1) is 12.6. The highest BCUT2D eigenvalue weighted by Gasteiger charge is 2.44. The number of alkyl halides is 3. The molecule has 3 heterocycles. The summed E-state index contributed by atoms with van der Waals surface area (Å²) in [6.07, 6.45) is -3.62. The topological polar surface area (TPSA) is 79.5 Å². The first-order valence-corrected chi connectivity index (χ1v) is 8.48. The van der Waals surface area contributed by atoms with E-state index >= 15 is 0 Å². The zero-order valence-electron chi connectivity index (χ0n) is 14.3. The average molecular weight is 408 g/mol. The fraction of sp³-hybridized carbons (Fsp3) is 0.467. The number of quaternary nitrogens is 1. The van der Waals surface area contributed by atoms with Crippen molar-refractivity contribution < 1.29 is 37.4 Å². The molecule has 0 bridgehead atoms. The number of likely N-dealkylation sites (N-methyl/N-ethyl adjacent to an activating group) is 1. The summed E-state index contributed by atoms with van der Waals surface area (Å²) in [7, 11) is 1.25. The molecule has 2 fully saturated rings. The number of H-pyrrole nitrogens is 1. The van der Waals surface area contributed by atoms with E-state index in [0.717, 1.165) is 27.0 Å². The minimum absolute atomic E-state index is 0.0367. The Labute approximate surface area is 157 Å². The Balaban J connectivity index is 1.62. The first-order valence-electron chi connectivity index (χ1n) is 8.10. The largest absolute Gasteiger partial charge is 0.419 e. The molecule has 0 atom stereocenters. The number of aromatic amines is 1. The van der Waals surface area contributed by atoms with E-state index < -0.39 is 29.6 Å². The Morgan fingerprint density at radius 1 is 1.19 bits per heavy atom. The van der Waals surface area contributed by atoms with Crippen molar-refractivity contribution in [2.45, 2.75) is 6.18 Å². The van der Waals surface area contributed by atoms with Crippen molar-refractivity contribution in [1.29, 1.82) is 0 Å². The van der Waals surface area contributed by atoms with Crippen LogP contribution in [0.15, 0.2) is 12.3 Å². The molecule has 27 heavy (non-hydrogen) atoms. The number of pyridine rings is 1. The number of nitrogens with zero attached hydrogens (tertiary/aromatic N) is 3. The van der Waals surface area contributed by atoms with E-state index in [4.69, 9.17) is 11.6 Å². The molecule has 146 valence electrons. The predicted molar refractivity (Wildman–Crippen MR) is 85.8 cm³/mol. The third-order valence-electron chi connectivity index (χ3n) is 4.62. The fourth-order valence-electron chi connectivity index (χ4n) is 3.05. The van der Waals surface area contributed by atoms with Crippen LogP contribution in [0.1, 0.15) is 5.56 Å². The van der Waals surface area contributed by atoms with Gasteiger partial charge in [-0.25, -0.2) is 19.6 Å². The van der Waals surface area contributed by atoms with Gasteiger partial charge in [0.15, 0.2) is 6.67 Å². The second-order valence-electron chi connectivity index (χ2n) is 6.36. The summed E-state index contributed by atoms with van der Waals surface area (Å²) < 4.78 is 38.2. The third-order valence-corrected chi connectivity index (χ3v) is 4.91. The van der Waals surface area contributed by atoms with Crippen LogP contribution in [0.3, 0.4) is 0 Å². The Hall–Kier alpha value is -2.40. The van der Waals surface area contributed by atoms with Gasteiger partial charge < -0.3 is 4.90 Å². The number of piperazine rings is 1. The molecule has 0 spiro atoms. The van der Waals surface area contributed by atoms with Crippen LogP contribution in [0.2, 0.25) is 5.02 Å². The Morgan fingerprint density at radius 2 is 1.81 bits per heavy atom. The van der Waals surface area contributed by atoms with Gasteiger partial charge in [0.2, 0.25) is 0 Å². The number of aromatic nitrogens is 1. The van der Waals surface area contributed by atoms with Crippen LogP contribution in [0.5, 0.6) is 0 Å². The van der Waals surface area contributed by atoms with Gasteiger partial charge in [-0.2, -0.15) is 13.2 Å². The molecule has 0 saturated carbocycles. The van der Waals surface area contributed by atoms with Crippen LogP contribution < -0.4 is 14.8 Å². The summed E-state index contributed by atoms with van der Waals surface area (Å²) in [5.74, 6) is -1.33. The van der Waals surface area contributed by atoms with Crippen molar-refractivity contribution in [3.63, 3.8) is 0 Å². The first kappa shape index (κ1) is 19.4. The van der Waals surface area contributed by atoms with Gasteiger partial charge in [-0.3, -0.25) is 14.5 Å². The highest BCUT2D eigenvalue weighted by molar-refractivity contribution is 6.44. The van der Waals surface area contributed by atoms with Gasteiger partial charge in [0, 0.05) is 7.05 Å². The van der Waals surface area contributed by atoms with E-state index in [2.05, 4.69) is 4.98 Å². The smallest absolute Gasteiger partial charge is 0.311 e. The summed E-state index contributed by atoms with van der Waals surface area (Å²) in [5.41, 5.74) is -0.861. The summed E-state index contributed by atoms with van der Waals surface area (Å²) in [6, 6.07) is 0.217. The number of nitrogens with one attached hydrogen (secondary N) is 2. The molecule has 4 amide bonds. The zero-order chi connectivity index (χ0) is 19.9. The van der Waals surface area contributed by atoms with E-state index in [0.29, 0.717) is 32.0 Å². The number of anilines is 1. The van der Waals surface area contributed by atoms with Crippen molar-refractivity contribution in [2.24, 2.45) is 0 Å². The number of carbonyl (C=O) groups is 3. The molecule has 12 heteroatoms. The molecular formula is C15H17ClF3N5O3+2. The molecule has 0 radical (unpaired) electrons. The van der Waals surface area contributed by atoms with Crippen LogP contribution in [0.25, 0.3) is 0 Å². The lowest BCUT2D eigenvalue weighted by Crippen LogP contribution is -3.16. The van der Waals surface area contributed by atoms with Crippen LogP contribution in [0.4, 0.5) is 23.8 Å². The Bertz CT molecular complexity index is 795. The molecule has 3 rings (SSSR count). The van der Waals surface area contributed by atoms with Crippen LogP contribution in [-0.2, 0) is 15.8 Å². The minimum Gasteiger partial charge on any atom is -0.311 e. The molecule has 2 N–H and O–H groups in total. The number of rotatable bonds is 3. The Kier molecular flexibility index (Phi) is 5.00. The highest BCUT2D eigenvalue weighted by Crippen LogP contribution is 2.31. The summed E-state index contributed by atoms with van der Waals surface area (Å²) in [4.78, 5) is 42.2. The third kappa shape index (κ3) is 3.69. The Morgan fingerprint density at radius 3 is 2.30 bits per heavy atom. The number of carbonyl (C=O) groups excluding carboxylic acids is 3. The molecule has 0 aromatic carbocycles. The molecule has 2 saturated heterocycles. The lowest BCUT2D eigenvalue weighted by atomic mass is 10.2. The summed E-state index contributed by atoms with van der Waals surface area (Å²) >= 11 is 5.99. The summed E-state index contributed by atoms with van der Waals surface area (Å²) in [6.45, 7) is 2.00. The minimum atomic E-state index is -4.49. The molecule has 1 aromatic heterocycles. The maximum atomic E-state index is 12.7. The van der Waals surface area contributed by atoms with Crippen LogP contribution >= 0.6 is 11.6 Å². The molecule has 2 aliphatic heterocycles. The van der Waals surface area contributed by atoms with Gasteiger partial charge in [0.05, 0.1) is 5.56 Å². The lowest BCUT2D eigenvalue weighted by molar-refractivity contribution is -0.908. The molecule has 0 unspecified atom stereocenters. The normalized spacial score (nSPS) is 19.4. The quantitative estimate of drug-likeness (QED) is 0.528. The maximum absolute atomic E-state index is 12.7. The van der Waals surface area contributed by atoms with Crippen LogP contribution in [0, 0.1) is 0 Å². The number of hydrogen-bond acceptors (Lipinski definition) is 4. The van der Waals surface area contributed by atoms with Crippen molar-refractivity contribution >= 4 is 35.3 Å². The predicted octanol–water partition coefficient (Wildman–Crippen LogP) is -0.744. The molecule has 1 aromatic rings. The lowest BCUT2D eigenvalue weighted by Gasteiger charge is -2.30. The van der Waals surface area contributed by atoms with E-state index in [1.165, 1.54) is 7.05 Å².